The Kier molecular flexibility index (Phi) is 16.4. The van der Waals surface area contributed by atoms with Crippen LogP contribution in [0.4, 0.5) is 0 Å². The first kappa shape index (κ1) is 27.4. The third kappa shape index (κ3) is 19.5. The van der Waals surface area contributed by atoms with E-state index in [9.17, 15) is 0 Å². The van der Waals surface area contributed by atoms with Crippen LogP contribution in [0.2, 0.25) is 0 Å². The van der Waals surface area contributed by atoms with Gasteiger partial charge in [0.2, 0.25) is 0 Å². The maximum atomic E-state index is 3.97. The largest absolute Gasteiger partial charge is 0.100 e. The Labute approximate surface area is 183 Å². The molecule has 0 heterocycles. The van der Waals surface area contributed by atoms with Crippen molar-refractivity contribution >= 4 is 0 Å². The molecule has 0 fully saturated rings. The van der Waals surface area contributed by atoms with Crippen LogP contribution in [0, 0.1) is 0 Å². The van der Waals surface area contributed by atoms with Gasteiger partial charge in [0, 0.05) is 0 Å². The molecule has 0 aliphatic heterocycles. The molecule has 0 aromatic rings. The second-order valence-electron chi connectivity index (χ2n) is 9.13. The van der Waals surface area contributed by atoms with Crippen LogP contribution in [0.3, 0.4) is 0 Å². The van der Waals surface area contributed by atoms with Crippen molar-refractivity contribution in [3.63, 3.8) is 0 Å². The average molecular weight is 397 g/mol. The minimum atomic E-state index is 1.11. The maximum absolute atomic E-state index is 3.97. The van der Waals surface area contributed by atoms with Gasteiger partial charge in [0.1, 0.15) is 0 Å². The second kappa shape index (κ2) is 17.3. The molecule has 0 bridgehead atoms. The van der Waals surface area contributed by atoms with Crippen LogP contribution in [0.1, 0.15) is 113 Å². The zero-order valence-corrected chi connectivity index (χ0v) is 20.7. The molecule has 0 radical (unpaired) electrons. The van der Waals surface area contributed by atoms with E-state index < -0.39 is 0 Å². The summed E-state index contributed by atoms with van der Waals surface area (Å²) in [5, 5.41) is 0. The van der Waals surface area contributed by atoms with E-state index in [0.717, 1.165) is 12.8 Å². The standard InChI is InChI=1S/C29H48/c1-24(2)14-9-16-26(5)18-11-20-28(7)22-13-23-29(8)21-12-19-27(6)17-10-15-25(3)4/h15-16,19-20,23H,1,9-14,17-18,21-22H2,2-8H3/b26-16-,27-19+,28-20+,29-23+. The molecule has 0 amide bonds. The monoisotopic (exact) mass is 396 g/mol. The lowest BCUT2D eigenvalue weighted by Crippen LogP contribution is -1.83. The lowest BCUT2D eigenvalue weighted by molar-refractivity contribution is 0.887. The van der Waals surface area contributed by atoms with E-state index in [2.05, 4.69) is 85.4 Å². The molecule has 0 rings (SSSR count). The fourth-order valence-corrected chi connectivity index (χ4v) is 3.20. The summed E-state index contributed by atoms with van der Waals surface area (Å²) in [5.74, 6) is 0. The summed E-state index contributed by atoms with van der Waals surface area (Å²) in [4.78, 5) is 0. The smallest absolute Gasteiger partial charge is 0.0288 e. The van der Waals surface area contributed by atoms with Gasteiger partial charge in [0.15, 0.2) is 0 Å². The summed E-state index contributed by atoms with van der Waals surface area (Å²) in [7, 11) is 0. The van der Waals surface area contributed by atoms with Gasteiger partial charge >= 0.3 is 0 Å². The molecular weight excluding hydrogens is 348 g/mol. The van der Waals surface area contributed by atoms with E-state index in [0.29, 0.717) is 0 Å². The summed E-state index contributed by atoms with van der Waals surface area (Å²) in [6, 6.07) is 0. The van der Waals surface area contributed by atoms with Crippen molar-refractivity contribution in [2.45, 2.75) is 113 Å². The molecule has 0 atom stereocenters. The van der Waals surface area contributed by atoms with Crippen molar-refractivity contribution in [1.82, 2.24) is 0 Å². The second-order valence-corrected chi connectivity index (χ2v) is 9.13. The Bertz CT molecular complexity index is 612. The molecule has 0 aromatic carbocycles. The summed E-state index contributed by atoms with van der Waals surface area (Å²) in [5.41, 5.74) is 8.79. The van der Waals surface area contributed by atoms with E-state index >= 15 is 0 Å². The molecule has 0 saturated carbocycles. The molecule has 0 N–H and O–H groups in total. The number of allylic oxidation sites excluding steroid dienone is 11. The van der Waals surface area contributed by atoms with Crippen LogP contribution in [0.5, 0.6) is 0 Å². The number of hydrogen-bond donors (Lipinski definition) is 0. The zero-order chi connectivity index (χ0) is 22.1. The highest BCUT2D eigenvalue weighted by atomic mass is 14.0. The van der Waals surface area contributed by atoms with Gasteiger partial charge in [-0.2, -0.15) is 0 Å². The third-order valence-corrected chi connectivity index (χ3v) is 5.25. The van der Waals surface area contributed by atoms with Gasteiger partial charge in [-0.3, -0.25) is 0 Å². The fraction of sp³-hybridized carbons (Fsp3) is 0.586. The molecular formula is C29H48. The zero-order valence-electron chi connectivity index (χ0n) is 20.7. The summed E-state index contributed by atoms with van der Waals surface area (Å²) in [6.07, 6.45) is 23.7. The molecule has 0 aromatic heterocycles. The SMILES string of the molecule is C=C(C)CC/C=C(/C)CC/C=C(\C)CC/C=C(\C)CC/C=C(\C)CCC=C(C)C. The van der Waals surface area contributed by atoms with Crippen molar-refractivity contribution in [3.05, 3.63) is 70.4 Å². The third-order valence-electron chi connectivity index (χ3n) is 5.25. The number of hydrogen-bond acceptors (Lipinski definition) is 0. The fourth-order valence-electron chi connectivity index (χ4n) is 3.20. The van der Waals surface area contributed by atoms with Gasteiger partial charge in [-0.05, 0) is 113 Å². The lowest BCUT2D eigenvalue weighted by atomic mass is 10.0. The molecule has 0 aliphatic rings. The van der Waals surface area contributed by atoms with Gasteiger partial charge in [-0.15, -0.1) is 6.58 Å². The summed E-state index contributed by atoms with van der Waals surface area (Å²) in [6.45, 7) is 19.5. The first-order chi connectivity index (χ1) is 13.7. The van der Waals surface area contributed by atoms with E-state index in [4.69, 9.17) is 0 Å². The van der Waals surface area contributed by atoms with Crippen molar-refractivity contribution < 1.29 is 0 Å². The van der Waals surface area contributed by atoms with Crippen molar-refractivity contribution in [2.24, 2.45) is 0 Å². The Balaban J connectivity index is 4.06. The van der Waals surface area contributed by atoms with E-state index in [1.165, 1.54) is 84.8 Å². The summed E-state index contributed by atoms with van der Waals surface area (Å²) >= 11 is 0. The van der Waals surface area contributed by atoms with Gasteiger partial charge in [0.05, 0.1) is 0 Å². The van der Waals surface area contributed by atoms with Gasteiger partial charge in [0.25, 0.3) is 0 Å². The Hall–Kier alpha value is -1.56. The predicted octanol–water partition coefficient (Wildman–Crippen LogP) is 10.2. The quantitative estimate of drug-likeness (QED) is 0.241. The van der Waals surface area contributed by atoms with Crippen LogP contribution in [0.25, 0.3) is 0 Å². The van der Waals surface area contributed by atoms with Crippen molar-refractivity contribution in [2.75, 3.05) is 0 Å². The average Bonchev–Trinajstić information content (AvgIpc) is 2.61. The van der Waals surface area contributed by atoms with Crippen LogP contribution in [-0.2, 0) is 0 Å². The maximum Gasteiger partial charge on any atom is -0.0288 e. The molecule has 164 valence electrons. The molecule has 0 heteroatoms. The molecule has 29 heavy (non-hydrogen) atoms. The lowest BCUT2D eigenvalue weighted by Gasteiger charge is -2.03. The first-order valence-electron chi connectivity index (χ1n) is 11.6. The van der Waals surface area contributed by atoms with E-state index in [1.54, 1.807) is 0 Å². The first-order valence-corrected chi connectivity index (χ1v) is 11.6. The summed E-state index contributed by atoms with van der Waals surface area (Å²) < 4.78 is 0. The Morgan fingerprint density at radius 2 is 0.724 bits per heavy atom. The van der Waals surface area contributed by atoms with Crippen LogP contribution >= 0.6 is 0 Å². The highest BCUT2D eigenvalue weighted by molar-refractivity contribution is 5.08. The molecule has 0 spiro atoms. The topological polar surface area (TPSA) is 0 Å². The Morgan fingerprint density at radius 3 is 1.00 bits per heavy atom. The Morgan fingerprint density at radius 1 is 0.448 bits per heavy atom. The molecule has 0 saturated heterocycles. The number of rotatable bonds is 15. The minimum Gasteiger partial charge on any atom is -0.100 e. The molecule has 0 aliphatic carbocycles. The van der Waals surface area contributed by atoms with E-state index in [1.807, 2.05) is 0 Å². The van der Waals surface area contributed by atoms with Crippen LogP contribution in [0.15, 0.2) is 70.4 Å². The highest BCUT2D eigenvalue weighted by Gasteiger charge is 1.95. The van der Waals surface area contributed by atoms with Gasteiger partial charge in [-0.1, -0.05) is 63.8 Å². The van der Waals surface area contributed by atoms with E-state index in [-0.39, 0.29) is 0 Å². The van der Waals surface area contributed by atoms with Gasteiger partial charge in [-0.25, -0.2) is 0 Å². The normalized spacial score (nSPS) is 13.6. The predicted molar refractivity (Wildman–Crippen MR) is 135 cm³/mol. The van der Waals surface area contributed by atoms with Gasteiger partial charge < -0.3 is 0 Å². The van der Waals surface area contributed by atoms with Crippen LogP contribution < -0.4 is 0 Å². The van der Waals surface area contributed by atoms with Crippen molar-refractivity contribution in [3.8, 4) is 0 Å². The minimum absolute atomic E-state index is 1.11. The highest BCUT2D eigenvalue weighted by Crippen LogP contribution is 2.15. The molecule has 0 unspecified atom stereocenters. The van der Waals surface area contributed by atoms with Crippen molar-refractivity contribution in [1.29, 1.82) is 0 Å². The molecule has 0 nitrogen and oxygen atoms in total. The van der Waals surface area contributed by atoms with Crippen LogP contribution in [-0.4, -0.2) is 0 Å².